The summed E-state index contributed by atoms with van der Waals surface area (Å²) in [4.78, 5) is 0. The van der Waals surface area contributed by atoms with E-state index in [9.17, 15) is 0 Å². The lowest BCUT2D eigenvalue weighted by molar-refractivity contribution is 0.205. The molecule has 1 heterocycles. The van der Waals surface area contributed by atoms with Gasteiger partial charge in [0.1, 0.15) is 0 Å². The van der Waals surface area contributed by atoms with E-state index in [1.54, 1.807) is 0 Å². The van der Waals surface area contributed by atoms with Crippen molar-refractivity contribution in [2.75, 3.05) is 12.4 Å². The van der Waals surface area contributed by atoms with Crippen molar-refractivity contribution >= 4 is 34.4 Å². The van der Waals surface area contributed by atoms with E-state index >= 15 is 0 Å². The standard InChI is InChI=1S/C6H9IOS/c1-6(3-8)2-5(7)9-4-6/h2,8H,3-4H2,1H3. The average molecular weight is 256 g/mol. The van der Waals surface area contributed by atoms with Crippen molar-refractivity contribution in [1.29, 1.82) is 0 Å². The van der Waals surface area contributed by atoms with Crippen LogP contribution in [0.3, 0.4) is 0 Å². The Morgan fingerprint density at radius 2 is 2.67 bits per heavy atom. The summed E-state index contributed by atoms with van der Waals surface area (Å²) in [5, 5.41) is 8.88. The first kappa shape index (κ1) is 7.88. The summed E-state index contributed by atoms with van der Waals surface area (Å²) in [5.41, 5.74) is 0.0567. The van der Waals surface area contributed by atoms with E-state index in [0.717, 1.165) is 5.75 Å². The average Bonchev–Trinajstić information content (AvgIpc) is 2.13. The molecule has 0 bridgehead atoms. The third-order valence-electron chi connectivity index (χ3n) is 1.36. The van der Waals surface area contributed by atoms with Crippen LogP contribution in [-0.2, 0) is 0 Å². The molecular weight excluding hydrogens is 247 g/mol. The number of aliphatic hydroxyl groups excluding tert-OH is 1. The Hall–Kier alpha value is 0.780. The van der Waals surface area contributed by atoms with Crippen molar-refractivity contribution < 1.29 is 5.11 Å². The van der Waals surface area contributed by atoms with Gasteiger partial charge in [-0.2, -0.15) is 0 Å². The highest BCUT2D eigenvalue weighted by Gasteiger charge is 2.26. The minimum absolute atomic E-state index is 0.0567. The van der Waals surface area contributed by atoms with E-state index in [2.05, 4.69) is 35.6 Å². The van der Waals surface area contributed by atoms with E-state index in [-0.39, 0.29) is 12.0 Å². The van der Waals surface area contributed by atoms with Gasteiger partial charge in [-0.05, 0) is 22.6 Å². The van der Waals surface area contributed by atoms with Gasteiger partial charge in [-0.25, -0.2) is 0 Å². The van der Waals surface area contributed by atoms with E-state index in [0.29, 0.717) is 0 Å². The topological polar surface area (TPSA) is 20.2 Å². The predicted octanol–water partition coefficient (Wildman–Crippen LogP) is 2.01. The van der Waals surface area contributed by atoms with Crippen LogP contribution >= 0.6 is 34.4 Å². The molecule has 1 nitrogen and oxygen atoms in total. The summed E-state index contributed by atoms with van der Waals surface area (Å²) in [6.45, 7) is 2.35. The predicted molar refractivity (Wildman–Crippen MR) is 49.8 cm³/mol. The van der Waals surface area contributed by atoms with Gasteiger partial charge in [-0.15, -0.1) is 11.8 Å². The van der Waals surface area contributed by atoms with Gasteiger partial charge in [0.15, 0.2) is 0 Å². The second-order valence-electron chi connectivity index (χ2n) is 2.55. The molecule has 1 N–H and O–H groups in total. The fourth-order valence-corrected chi connectivity index (χ4v) is 2.91. The second kappa shape index (κ2) is 2.80. The van der Waals surface area contributed by atoms with E-state index < -0.39 is 0 Å². The van der Waals surface area contributed by atoms with Crippen molar-refractivity contribution in [3.8, 4) is 0 Å². The van der Waals surface area contributed by atoms with Gasteiger partial charge < -0.3 is 5.11 Å². The molecule has 3 heteroatoms. The molecule has 1 aliphatic heterocycles. The van der Waals surface area contributed by atoms with Crippen LogP contribution in [0.25, 0.3) is 0 Å². The second-order valence-corrected chi connectivity index (χ2v) is 5.46. The molecule has 0 aromatic rings. The van der Waals surface area contributed by atoms with Crippen molar-refractivity contribution in [2.24, 2.45) is 5.41 Å². The van der Waals surface area contributed by atoms with Crippen LogP contribution in [0.15, 0.2) is 8.99 Å². The molecule has 0 aromatic heterocycles. The summed E-state index contributed by atoms with van der Waals surface area (Å²) in [5.74, 6) is 1.03. The highest BCUT2D eigenvalue weighted by atomic mass is 127. The number of hydrogen-bond donors (Lipinski definition) is 1. The molecule has 0 amide bonds. The monoisotopic (exact) mass is 256 g/mol. The minimum Gasteiger partial charge on any atom is -0.395 e. The molecule has 1 atom stereocenters. The van der Waals surface area contributed by atoms with Gasteiger partial charge in [0.25, 0.3) is 0 Å². The van der Waals surface area contributed by atoms with Crippen molar-refractivity contribution in [3.05, 3.63) is 8.99 Å². The zero-order chi connectivity index (χ0) is 6.91. The third-order valence-corrected chi connectivity index (χ3v) is 3.81. The van der Waals surface area contributed by atoms with Gasteiger partial charge >= 0.3 is 0 Å². The van der Waals surface area contributed by atoms with Gasteiger partial charge in [0.05, 0.1) is 6.61 Å². The quantitative estimate of drug-likeness (QED) is 0.724. The normalized spacial score (nSPS) is 34.8. The Balaban J connectivity index is 2.64. The molecule has 0 spiro atoms. The van der Waals surface area contributed by atoms with Gasteiger partial charge in [0.2, 0.25) is 0 Å². The van der Waals surface area contributed by atoms with Gasteiger partial charge in [0, 0.05) is 14.1 Å². The number of aliphatic hydroxyl groups is 1. The van der Waals surface area contributed by atoms with Gasteiger partial charge in [-0.3, -0.25) is 0 Å². The molecule has 1 unspecified atom stereocenters. The smallest absolute Gasteiger partial charge is 0.0528 e. The number of rotatable bonds is 1. The molecule has 0 aromatic carbocycles. The highest BCUT2D eigenvalue weighted by molar-refractivity contribution is 14.1. The Morgan fingerprint density at radius 1 is 2.00 bits per heavy atom. The maximum Gasteiger partial charge on any atom is 0.0528 e. The van der Waals surface area contributed by atoms with Crippen LogP contribution in [0.2, 0.25) is 0 Å². The zero-order valence-electron chi connectivity index (χ0n) is 5.22. The Labute approximate surface area is 73.0 Å². The molecular formula is C6H9IOS. The molecule has 0 radical (unpaired) electrons. The first-order valence-electron chi connectivity index (χ1n) is 2.78. The molecule has 0 aliphatic carbocycles. The largest absolute Gasteiger partial charge is 0.395 e. The van der Waals surface area contributed by atoms with Gasteiger partial charge in [-0.1, -0.05) is 13.0 Å². The Bertz CT molecular complexity index is 146. The molecule has 52 valence electrons. The summed E-state index contributed by atoms with van der Waals surface area (Å²) in [6.07, 6.45) is 2.14. The first-order chi connectivity index (χ1) is 4.16. The van der Waals surface area contributed by atoms with Crippen molar-refractivity contribution in [3.63, 3.8) is 0 Å². The molecule has 0 fully saturated rings. The van der Waals surface area contributed by atoms with Crippen molar-refractivity contribution in [2.45, 2.75) is 6.92 Å². The Kier molecular flexibility index (Phi) is 2.45. The number of hydrogen-bond acceptors (Lipinski definition) is 2. The molecule has 1 rings (SSSR count). The van der Waals surface area contributed by atoms with E-state index in [1.807, 2.05) is 11.8 Å². The highest BCUT2D eigenvalue weighted by Crippen LogP contribution is 2.40. The fraction of sp³-hybridized carbons (Fsp3) is 0.667. The van der Waals surface area contributed by atoms with Crippen LogP contribution in [0.5, 0.6) is 0 Å². The van der Waals surface area contributed by atoms with Crippen molar-refractivity contribution in [1.82, 2.24) is 0 Å². The summed E-state index contributed by atoms with van der Waals surface area (Å²) in [6, 6.07) is 0. The Morgan fingerprint density at radius 3 is 2.89 bits per heavy atom. The maximum atomic E-state index is 8.88. The minimum atomic E-state index is 0.0567. The SMILES string of the molecule is CC1(CO)C=C(I)SC1. The first-order valence-corrected chi connectivity index (χ1v) is 4.85. The molecule has 0 saturated heterocycles. The van der Waals surface area contributed by atoms with Crippen LogP contribution in [0, 0.1) is 5.41 Å². The fourth-order valence-electron chi connectivity index (χ4n) is 0.682. The number of halogens is 1. The lowest BCUT2D eigenvalue weighted by atomic mass is 9.96. The third kappa shape index (κ3) is 1.85. The lowest BCUT2D eigenvalue weighted by Gasteiger charge is -2.15. The molecule has 1 aliphatic rings. The van der Waals surface area contributed by atoms with Crippen LogP contribution in [-0.4, -0.2) is 17.5 Å². The zero-order valence-corrected chi connectivity index (χ0v) is 8.20. The van der Waals surface area contributed by atoms with Crippen LogP contribution in [0.1, 0.15) is 6.92 Å². The summed E-state index contributed by atoms with van der Waals surface area (Å²) >= 11 is 4.11. The van der Waals surface area contributed by atoms with E-state index in [1.165, 1.54) is 2.91 Å². The number of thioether (sulfide) groups is 1. The lowest BCUT2D eigenvalue weighted by Crippen LogP contribution is -2.17. The summed E-state index contributed by atoms with van der Waals surface area (Å²) in [7, 11) is 0. The maximum absolute atomic E-state index is 8.88. The molecule has 9 heavy (non-hydrogen) atoms. The van der Waals surface area contributed by atoms with Crippen LogP contribution < -0.4 is 0 Å². The van der Waals surface area contributed by atoms with Crippen LogP contribution in [0.4, 0.5) is 0 Å². The van der Waals surface area contributed by atoms with E-state index in [4.69, 9.17) is 5.11 Å². The molecule has 0 saturated carbocycles. The summed E-state index contributed by atoms with van der Waals surface area (Å²) < 4.78 is 1.31.